The number of carbonyl (C=O) groups is 7. The lowest BCUT2D eigenvalue weighted by Crippen LogP contribution is -2.56. The van der Waals surface area contributed by atoms with Crippen LogP contribution < -0.4 is 45.0 Å². The fourth-order valence-electron chi connectivity index (χ4n) is 15.4. The number of primary amides is 6. The number of nitrogens with zero attached hydrogens (tertiary/aromatic N) is 5. The molecule has 90 heavy (non-hydrogen) atoms. The number of aryl methyl sites for hydroxylation is 2. The molecular weight excluding hydrogens is 1180 g/mol. The molecule has 2 saturated heterocycles. The summed E-state index contributed by atoms with van der Waals surface area (Å²) in [7, 11) is -5.07. The van der Waals surface area contributed by atoms with Crippen LogP contribution in [0.4, 0.5) is 0 Å². The number of benzene rings is 1. The van der Waals surface area contributed by atoms with Gasteiger partial charge in [-0.25, -0.2) is 9.55 Å². The highest BCUT2D eigenvalue weighted by Crippen LogP contribution is 2.63. The smallest absolute Gasteiger partial charge is 0.394 e. The first-order chi connectivity index (χ1) is 41.8. The number of hydrogen-bond acceptors (Lipinski definition) is 18. The summed E-state index contributed by atoms with van der Waals surface area (Å²) in [5.74, 6) is -7.18. The van der Waals surface area contributed by atoms with Gasteiger partial charge in [0.1, 0.15) is 18.3 Å². The Morgan fingerprint density at radius 3 is 1.99 bits per heavy atom. The van der Waals surface area contributed by atoms with Crippen molar-refractivity contribution < 1.29 is 67.0 Å². The van der Waals surface area contributed by atoms with Gasteiger partial charge in [0, 0.05) is 131 Å². The average molecular weight is 1270 g/mol. The van der Waals surface area contributed by atoms with Gasteiger partial charge in [0.05, 0.1) is 41.7 Å². The van der Waals surface area contributed by atoms with Crippen molar-refractivity contribution in [2.75, 3.05) is 13.2 Å². The lowest BCUT2D eigenvalue weighted by atomic mass is 9.55. The quantitative estimate of drug-likeness (QED) is 0.0603. The maximum absolute atomic E-state index is 14.4. The van der Waals surface area contributed by atoms with Gasteiger partial charge < -0.3 is 69.4 Å². The van der Waals surface area contributed by atoms with Gasteiger partial charge in [0.15, 0.2) is 6.23 Å². The lowest BCUT2D eigenvalue weighted by molar-refractivity contribution is -0.124. The molecule has 6 aliphatic heterocycles. The average Bonchev–Trinajstić information content (AvgIpc) is 1.53. The molecule has 0 aliphatic carbocycles. The number of amides is 7. The highest BCUT2D eigenvalue weighted by Gasteiger charge is 2.66. The van der Waals surface area contributed by atoms with Crippen molar-refractivity contribution in [3.63, 3.8) is 0 Å². The summed E-state index contributed by atoms with van der Waals surface area (Å²) >= 11 is 0. The summed E-state index contributed by atoms with van der Waals surface area (Å²) in [4.78, 5) is 126. The Labute approximate surface area is 523 Å². The van der Waals surface area contributed by atoms with Gasteiger partial charge in [-0.3, -0.25) is 57.6 Å². The molecule has 1 aromatic heterocycles. The first-order valence-electron chi connectivity index (χ1n) is 30.6. The molecule has 0 saturated carbocycles. The Morgan fingerprint density at radius 2 is 1.40 bits per heavy atom. The number of ether oxygens (including phenoxy) is 1. The summed E-state index contributed by atoms with van der Waals surface area (Å²) in [5.41, 5.74) is 37.4. The summed E-state index contributed by atoms with van der Waals surface area (Å²) in [6.07, 6.45) is -4.26. The monoisotopic (exact) mass is 1270 g/mol. The van der Waals surface area contributed by atoms with Crippen LogP contribution in [0.1, 0.15) is 150 Å². The molecule has 7 amide bonds. The van der Waals surface area contributed by atoms with E-state index in [2.05, 4.69) is 15.6 Å². The van der Waals surface area contributed by atoms with Crippen LogP contribution in [-0.2, 0) is 51.9 Å². The number of fused-ring (bicyclic) bond motifs is 7. The van der Waals surface area contributed by atoms with E-state index in [0.717, 1.165) is 11.1 Å². The zero-order valence-corrected chi connectivity index (χ0v) is 54.1. The van der Waals surface area contributed by atoms with Gasteiger partial charge >= 0.3 is 7.82 Å². The van der Waals surface area contributed by atoms with Crippen LogP contribution in [0.5, 0.6) is 0 Å². The van der Waals surface area contributed by atoms with E-state index in [9.17, 15) is 53.2 Å². The second kappa shape index (κ2) is 25.6. The molecule has 8 rings (SSSR count). The number of phosphoric ester groups is 1. The molecule has 8 bridgehead atoms. The van der Waals surface area contributed by atoms with Crippen molar-refractivity contribution in [3.05, 3.63) is 63.9 Å². The van der Waals surface area contributed by atoms with Gasteiger partial charge in [-0.1, -0.05) is 34.6 Å². The molecule has 13 unspecified atom stereocenters. The summed E-state index contributed by atoms with van der Waals surface area (Å²) in [6.45, 7) is 19.3. The van der Waals surface area contributed by atoms with E-state index in [1.807, 2.05) is 87.4 Å². The van der Waals surface area contributed by atoms with E-state index in [1.165, 1.54) is 13.3 Å². The number of allylic oxidation sites excluding steroid dienone is 6. The van der Waals surface area contributed by atoms with Gasteiger partial charge in [-0.05, 0) is 108 Å². The number of aliphatic imine (C=N–C) groups is 3. The minimum Gasteiger partial charge on any atom is -0.394 e. The topological polar surface area (TPSA) is 460 Å². The van der Waals surface area contributed by atoms with Crippen LogP contribution in [0, 0.1) is 59.2 Å². The molecule has 492 valence electrons. The molecule has 15 atom stereocenters. The Morgan fingerprint density at radius 1 is 0.800 bits per heavy atom. The molecular formula is C62H90N13O14P. The van der Waals surface area contributed by atoms with Crippen molar-refractivity contribution in [2.24, 2.45) is 94.7 Å². The number of aliphatic hydroxyl groups excluding tert-OH is 2. The first kappa shape index (κ1) is 68.9. The minimum atomic E-state index is -5.07. The molecule has 0 spiro atoms. The Bertz CT molecular complexity index is 3540. The second-order valence-electron chi connectivity index (χ2n) is 27.1. The third kappa shape index (κ3) is 13.0. The molecule has 17 N–H and O–H groups in total. The van der Waals surface area contributed by atoms with Crippen LogP contribution in [-0.4, -0.2) is 132 Å². The van der Waals surface area contributed by atoms with Gasteiger partial charge in [0.25, 0.3) is 0 Å². The normalized spacial score (nSPS) is 33.4. The Balaban J connectivity index is 1.19. The SMILES string of the molecule is CC1=C2N/C(=C\C3=NC(=C(/C)C4=NC(C(CC(N)=O)C4(C)CCC(=O)NCC(C)OP(=O)(O)O[C@@H]4C(CO)OC(n5cnc6cc(C)c(C)cc65)[C@@H]4O)C4(C)N=C1C(CCC(N)=O)C4(C)CC(N)=O)/C(CCC(N)=O)C3(C)C)C(CCC(N)=O)C2(C)CC(N)=O. The minimum absolute atomic E-state index is 0.0114. The molecule has 2 fully saturated rings. The van der Waals surface area contributed by atoms with Crippen LogP contribution in [0.15, 0.2) is 67.8 Å². The second-order valence-corrected chi connectivity index (χ2v) is 28.4. The number of hydrogen-bond donors (Lipinski definition) is 11. The van der Waals surface area contributed by atoms with E-state index in [-0.39, 0.29) is 77.2 Å². The van der Waals surface area contributed by atoms with E-state index in [4.69, 9.17) is 63.2 Å². The molecule has 6 aliphatic rings. The molecule has 7 heterocycles. The Hall–Kier alpha value is -7.00. The third-order valence-corrected chi connectivity index (χ3v) is 21.7. The Kier molecular flexibility index (Phi) is 19.6. The predicted octanol–water partition coefficient (Wildman–Crippen LogP) is 3.16. The largest absolute Gasteiger partial charge is 0.472 e. The highest BCUT2D eigenvalue weighted by atomic mass is 31.2. The van der Waals surface area contributed by atoms with E-state index < -0.39 is 143 Å². The van der Waals surface area contributed by atoms with Crippen LogP contribution in [0.25, 0.3) is 11.0 Å². The molecule has 27 nitrogen and oxygen atoms in total. The van der Waals surface area contributed by atoms with Crippen molar-refractivity contribution in [3.8, 4) is 0 Å². The molecule has 1 aromatic carbocycles. The number of carbonyl (C=O) groups excluding carboxylic acids is 7. The zero-order valence-electron chi connectivity index (χ0n) is 53.3. The van der Waals surface area contributed by atoms with Crippen molar-refractivity contribution >= 4 is 77.3 Å². The molecule has 28 heteroatoms. The van der Waals surface area contributed by atoms with Gasteiger partial charge in [-0.2, -0.15) is 0 Å². The molecule has 2 aromatic rings. The van der Waals surface area contributed by atoms with Gasteiger partial charge in [-0.15, -0.1) is 0 Å². The number of aliphatic hydroxyl groups is 2. The van der Waals surface area contributed by atoms with Crippen molar-refractivity contribution in [1.82, 2.24) is 20.2 Å². The lowest BCUT2D eigenvalue weighted by Gasteiger charge is -2.48. The molecule has 0 radical (unpaired) electrons. The van der Waals surface area contributed by atoms with E-state index in [0.29, 0.717) is 56.4 Å². The number of rotatable bonds is 26. The number of aromatic nitrogens is 2. The standard InChI is InChI=1S/C62H90N13O14P/c1-29-20-39-40(21-30(29)2)75(28-70-39)57-52(84)53(41(27-76)87-57)89-90(85,86)88-31(3)26-69-49(83)18-19-59(8)37(22-46(66)80)56-62(11)61(10,25-48(68)82)36(14-17-45(65)79)51(74-62)33(5)55-60(9,24-47(67)81)34(12-15-43(63)77)38(71-55)23-42-58(6,7)35(13-16-44(64)78)50(72-42)32(4)54(59)73-56/h20-21,23,28,31,34-37,41,52-53,56-57,71,76,84H,12-19,22,24-27H2,1-11H3,(H2,63,77)(H2,64,78)(H2,65,79)(H2,66,80)(H2,67,81)(H2,68,82)(H,69,83)(H,85,86)/b38-23-,50-32-,55-33?/t31?,34?,35?,36?,37?,41?,52-,53-,56?,57?,59?,60?,61?,62?/m1/s1. The highest BCUT2D eigenvalue weighted by molar-refractivity contribution is 7.47. The number of phosphoric acid groups is 1. The number of imidazole rings is 1. The summed E-state index contributed by atoms with van der Waals surface area (Å²) in [6, 6.07) is 2.70. The maximum Gasteiger partial charge on any atom is 0.472 e. The summed E-state index contributed by atoms with van der Waals surface area (Å²) in [5, 5.41) is 28.2. The van der Waals surface area contributed by atoms with Crippen LogP contribution >= 0.6 is 7.82 Å². The maximum atomic E-state index is 14.4. The van der Waals surface area contributed by atoms with E-state index >= 15 is 0 Å². The fraction of sp³-hybridized carbons (Fsp3) is 0.629. The van der Waals surface area contributed by atoms with E-state index in [1.54, 1.807) is 4.57 Å². The van der Waals surface area contributed by atoms with Crippen LogP contribution in [0.3, 0.4) is 0 Å². The predicted molar refractivity (Wildman–Crippen MR) is 334 cm³/mol. The van der Waals surface area contributed by atoms with Gasteiger partial charge in [0.2, 0.25) is 41.4 Å². The fourth-order valence-corrected chi connectivity index (χ4v) is 16.6. The first-order valence-corrected chi connectivity index (χ1v) is 32.1. The number of nitrogens with two attached hydrogens (primary N) is 6. The van der Waals surface area contributed by atoms with Crippen molar-refractivity contribution in [1.29, 1.82) is 0 Å². The third-order valence-electron chi connectivity index (χ3n) is 20.6. The summed E-state index contributed by atoms with van der Waals surface area (Å²) < 4.78 is 32.3. The van der Waals surface area contributed by atoms with Crippen molar-refractivity contribution in [2.45, 2.75) is 189 Å². The number of nitrogens with one attached hydrogen (secondary N) is 2. The zero-order chi connectivity index (χ0) is 66.7. The van der Waals surface area contributed by atoms with Crippen LogP contribution in [0.2, 0.25) is 0 Å².